The van der Waals surface area contributed by atoms with E-state index >= 15 is 0 Å². The lowest BCUT2D eigenvalue weighted by molar-refractivity contribution is 0.0673. The number of nitrogens with one attached hydrogen (secondary N) is 1. The molecule has 0 bridgehead atoms. The Morgan fingerprint density at radius 1 is 1.28 bits per heavy atom. The summed E-state index contributed by atoms with van der Waals surface area (Å²) in [5.74, 6) is 1.02. The topological polar surface area (TPSA) is 133 Å². The third-order valence-corrected chi connectivity index (χ3v) is 3.86. The van der Waals surface area contributed by atoms with Crippen LogP contribution >= 0.6 is 0 Å². The number of rotatable bonds is 3. The molecule has 3 rings (SSSR count). The number of nitrogens with two attached hydrogens (primary N) is 1. The van der Waals surface area contributed by atoms with Crippen LogP contribution in [0.2, 0.25) is 0 Å². The number of hydrogen-bond donors (Lipinski definition) is 3. The van der Waals surface area contributed by atoms with E-state index in [1.807, 2.05) is 4.90 Å². The number of aliphatic hydroxyl groups excluding tert-OH is 1. The molecule has 25 heavy (non-hydrogen) atoms. The molecule has 132 valence electrons. The highest BCUT2D eigenvalue weighted by atomic mass is 16.3. The average Bonchev–Trinajstić information content (AvgIpc) is 2.83. The van der Waals surface area contributed by atoms with Crippen molar-refractivity contribution in [1.82, 2.24) is 24.8 Å². The molecule has 0 unspecified atom stereocenters. The molecule has 1 amide bonds. The minimum atomic E-state index is -0.728. The number of hydrogen-bond acceptors (Lipinski definition) is 9. The highest BCUT2D eigenvalue weighted by Gasteiger charge is 2.26. The van der Waals surface area contributed by atoms with Gasteiger partial charge in [0.05, 0.1) is 11.7 Å². The van der Waals surface area contributed by atoms with Crippen molar-refractivity contribution < 1.29 is 9.90 Å². The monoisotopic (exact) mass is 344 g/mol. The molecule has 1 fully saturated rings. The molecule has 3 heterocycles. The molecular formula is C15H20N8O2. The molecule has 0 aliphatic carbocycles. The van der Waals surface area contributed by atoms with Crippen LogP contribution in [0, 0.1) is 0 Å². The second-order valence-corrected chi connectivity index (χ2v) is 5.68. The molecule has 0 spiro atoms. The van der Waals surface area contributed by atoms with E-state index in [1.54, 1.807) is 24.2 Å². The van der Waals surface area contributed by atoms with Crippen molar-refractivity contribution in [3.8, 4) is 0 Å². The van der Waals surface area contributed by atoms with E-state index in [4.69, 9.17) is 5.73 Å². The van der Waals surface area contributed by atoms with E-state index in [9.17, 15) is 9.90 Å². The maximum absolute atomic E-state index is 12.6. The maximum Gasteiger partial charge on any atom is 0.257 e. The van der Waals surface area contributed by atoms with Gasteiger partial charge in [-0.15, -0.1) is 0 Å². The van der Waals surface area contributed by atoms with Gasteiger partial charge < -0.3 is 26.0 Å². The fraction of sp³-hybridized carbons (Fsp3) is 0.400. The smallest absolute Gasteiger partial charge is 0.257 e. The van der Waals surface area contributed by atoms with Gasteiger partial charge >= 0.3 is 0 Å². The molecule has 0 saturated carbocycles. The number of carbonyl (C=O) groups is 1. The van der Waals surface area contributed by atoms with Crippen LogP contribution in [0.1, 0.15) is 10.4 Å². The van der Waals surface area contributed by atoms with Crippen LogP contribution in [-0.2, 0) is 0 Å². The predicted octanol–water partition coefficient (Wildman–Crippen LogP) is -0.786. The standard InChI is InChI=1S/C15H20N8O2/c1-17-14-19-6-10(7-20-14)13(25)22-4-5-23(9-11(24)8-22)15-18-3-2-12(16)21-15/h2-3,6-7,11,24H,4-5,8-9H2,1H3,(H2,16,18,21)(H,17,19,20)/t11-/m1/s1. The first kappa shape index (κ1) is 16.8. The molecule has 10 heteroatoms. The summed E-state index contributed by atoms with van der Waals surface area (Å²) in [7, 11) is 1.70. The van der Waals surface area contributed by atoms with Crippen LogP contribution in [0.4, 0.5) is 17.7 Å². The fourth-order valence-corrected chi connectivity index (χ4v) is 2.62. The summed E-state index contributed by atoms with van der Waals surface area (Å²) in [5, 5.41) is 13.1. The second-order valence-electron chi connectivity index (χ2n) is 5.68. The van der Waals surface area contributed by atoms with Gasteiger partial charge in [-0.25, -0.2) is 15.0 Å². The van der Waals surface area contributed by atoms with Crippen LogP contribution in [0.5, 0.6) is 0 Å². The van der Waals surface area contributed by atoms with Gasteiger partial charge in [0.2, 0.25) is 11.9 Å². The number of nitrogens with zero attached hydrogens (tertiary/aromatic N) is 6. The molecule has 1 aliphatic rings. The average molecular weight is 344 g/mol. The zero-order chi connectivity index (χ0) is 17.8. The zero-order valence-corrected chi connectivity index (χ0v) is 13.8. The largest absolute Gasteiger partial charge is 0.389 e. The first-order chi connectivity index (χ1) is 12.1. The molecule has 0 radical (unpaired) electrons. The quantitative estimate of drug-likeness (QED) is 0.655. The van der Waals surface area contributed by atoms with Gasteiger partial charge in [-0.2, -0.15) is 4.98 Å². The summed E-state index contributed by atoms with van der Waals surface area (Å²) in [6.07, 6.45) is 3.78. The summed E-state index contributed by atoms with van der Waals surface area (Å²) in [5.41, 5.74) is 6.07. The summed E-state index contributed by atoms with van der Waals surface area (Å²) in [4.78, 5) is 32.5. The van der Waals surface area contributed by atoms with E-state index in [-0.39, 0.29) is 12.5 Å². The second kappa shape index (κ2) is 7.26. The molecule has 0 aromatic carbocycles. The number of aliphatic hydroxyl groups is 1. The Hall–Kier alpha value is -3.01. The van der Waals surface area contributed by atoms with Crippen molar-refractivity contribution in [2.75, 3.05) is 49.2 Å². The Bertz CT molecular complexity index is 739. The Labute approximate surface area is 144 Å². The predicted molar refractivity (Wildman–Crippen MR) is 92.1 cm³/mol. The van der Waals surface area contributed by atoms with Gasteiger partial charge in [-0.05, 0) is 6.07 Å². The molecule has 2 aromatic rings. The van der Waals surface area contributed by atoms with E-state index < -0.39 is 6.10 Å². The molecular weight excluding hydrogens is 324 g/mol. The first-order valence-corrected chi connectivity index (χ1v) is 7.87. The van der Waals surface area contributed by atoms with Crippen LogP contribution < -0.4 is 16.0 Å². The zero-order valence-electron chi connectivity index (χ0n) is 13.8. The van der Waals surface area contributed by atoms with Crippen molar-refractivity contribution in [2.45, 2.75) is 6.10 Å². The van der Waals surface area contributed by atoms with Gasteiger partial charge in [0.1, 0.15) is 5.82 Å². The SMILES string of the molecule is CNc1ncc(C(=O)N2CCN(c3nccc(N)n3)C[C@H](O)C2)cn1. The van der Waals surface area contributed by atoms with Crippen LogP contribution in [0.3, 0.4) is 0 Å². The Kier molecular flexibility index (Phi) is 4.89. The van der Waals surface area contributed by atoms with Gasteiger partial charge in [-0.3, -0.25) is 4.79 Å². The summed E-state index contributed by atoms with van der Waals surface area (Å²) in [6, 6.07) is 1.60. The highest BCUT2D eigenvalue weighted by Crippen LogP contribution is 2.14. The summed E-state index contributed by atoms with van der Waals surface area (Å²) in [6.45, 7) is 1.44. The van der Waals surface area contributed by atoms with Crippen molar-refractivity contribution in [3.05, 3.63) is 30.2 Å². The number of nitrogen functional groups attached to an aromatic ring is 1. The Morgan fingerprint density at radius 2 is 2.04 bits per heavy atom. The van der Waals surface area contributed by atoms with Crippen molar-refractivity contribution >= 4 is 23.6 Å². The van der Waals surface area contributed by atoms with Crippen LogP contribution in [-0.4, -0.2) is 75.2 Å². The van der Waals surface area contributed by atoms with Gasteiger partial charge in [0, 0.05) is 51.8 Å². The van der Waals surface area contributed by atoms with Crippen molar-refractivity contribution in [2.24, 2.45) is 0 Å². The van der Waals surface area contributed by atoms with Gasteiger partial charge in [0.15, 0.2) is 0 Å². The minimum Gasteiger partial charge on any atom is -0.389 e. The number of anilines is 3. The minimum absolute atomic E-state index is 0.214. The van der Waals surface area contributed by atoms with E-state index in [1.165, 1.54) is 12.4 Å². The fourth-order valence-electron chi connectivity index (χ4n) is 2.62. The van der Waals surface area contributed by atoms with Crippen LogP contribution in [0.25, 0.3) is 0 Å². The third kappa shape index (κ3) is 3.91. The normalized spacial score (nSPS) is 17.9. The van der Waals surface area contributed by atoms with E-state index in [0.29, 0.717) is 42.9 Å². The van der Waals surface area contributed by atoms with E-state index in [0.717, 1.165) is 0 Å². The first-order valence-electron chi connectivity index (χ1n) is 7.87. The van der Waals surface area contributed by atoms with Gasteiger partial charge in [0.25, 0.3) is 5.91 Å². The number of carbonyl (C=O) groups excluding carboxylic acids is 1. The van der Waals surface area contributed by atoms with Gasteiger partial charge in [-0.1, -0.05) is 0 Å². The molecule has 2 aromatic heterocycles. The Morgan fingerprint density at radius 3 is 2.72 bits per heavy atom. The van der Waals surface area contributed by atoms with Crippen molar-refractivity contribution in [3.63, 3.8) is 0 Å². The lowest BCUT2D eigenvalue weighted by Gasteiger charge is -2.21. The van der Waals surface area contributed by atoms with Crippen LogP contribution in [0.15, 0.2) is 24.7 Å². The third-order valence-electron chi connectivity index (χ3n) is 3.86. The van der Waals surface area contributed by atoms with E-state index in [2.05, 4.69) is 25.3 Å². The number of aromatic nitrogens is 4. The molecule has 10 nitrogen and oxygen atoms in total. The molecule has 1 atom stereocenters. The molecule has 4 N–H and O–H groups in total. The Balaban J connectivity index is 1.72. The van der Waals surface area contributed by atoms with Crippen molar-refractivity contribution in [1.29, 1.82) is 0 Å². The maximum atomic E-state index is 12.6. The molecule has 1 aliphatic heterocycles. The molecule has 1 saturated heterocycles. The summed E-state index contributed by atoms with van der Waals surface area (Å²) >= 11 is 0. The number of β-amino-alcohol motifs (C(OH)–C–C–N with tert-alkyl or cyclic N) is 1. The highest BCUT2D eigenvalue weighted by molar-refractivity contribution is 5.93. The lowest BCUT2D eigenvalue weighted by atomic mass is 10.2. The number of amides is 1. The lowest BCUT2D eigenvalue weighted by Crippen LogP contribution is -2.37. The summed E-state index contributed by atoms with van der Waals surface area (Å²) < 4.78 is 0.